The van der Waals surface area contributed by atoms with Gasteiger partial charge in [0.15, 0.2) is 11.5 Å². The number of carbonyl (C=O) groups is 2. The lowest BCUT2D eigenvalue weighted by molar-refractivity contribution is 0.0663. The molecule has 0 unspecified atom stereocenters. The van der Waals surface area contributed by atoms with Crippen LogP contribution < -0.4 is 9.47 Å². The second-order valence-electron chi connectivity index (χ2n) is 6.43. The van der Waals surface area contributed by atoms with E-state index in [0.29, 0.717) is 39.5 Å². The maximum Gasteiger partial charge on any atom is 0.276 e. The molecule has 146 valence electrons. The Kier molecular flexibility index (Phi) is 4.44. The van der Waals surface area contributed by atoms with Crippen LogP contribution in [0.3, 0.4) is 0 Å². The van der Waals surface area contributed by atoms with Gasteiger partial charge in [-0.2, -0.15) is 0 Å². The summed E-state index contributed by atoms with van der Waals surface area (Å²) >= 11 is 1.28. The Balaban J connectivity index is 1.19. The highest BCUT2D eigenvalue weighted by molar-refractivity contribution is 7.99. The van der Waals surface area contributed by atoms with E-state index in [1.807, 2.05) is 24.3 Å². The minimum absolute atomic E-state index is 0.255. The molecule has 3 aromatic rings. The van der Waals surface area contributed by atoms with Crippen molar-refractivity contribution in [2.24, 2.45) is 0 Å². The average molecular weight is 409 g/mol. The summed E-state index contributed by atoms with van der Waals surface area (Å²) in [7, 11) is 0. The number of thioether (sulfide) groups is 1. The van der Waals surface area contributed by atoms with Crippen LogP contribution in [0.5, 0.6) is 11.5 Å². The molecule has 0 spiro atoms. The van der Waals surface area contributed by atoms with E-state index >= 15 is 0 Å². The molecule has 0 N–H and O–H groups in total. The summed E-state index contributed by atoms with van der Waals surface area (Å²) in [4.78, 5) is 26.0. The molecule has 5 rings (SSSR count). The fourth-order valence-electron chi connectivity index (χ4n) is 3.22. The van der Waals surface area contributed by atoms with Crippen LogP contribution >= 0.6 is 11.8 Å². The highest BCUT2D eigenvalue weighted by Crippen LogP contribution is 2.36. The molecule has 3 heterocycles. The fraction of sp³-hybridized carbons (Fsp3) is 0.200. The third kappa shape index (κ3) is 3.23. The lowest BCUT2D eigenvalue weighted by atomic mass is 10.1. The van der Waals surface area contributed by atoms with Gasteiger partial charge in [0.2, 0.25) is 6.10 Å². The minimum Gasteiger partial charge on any atom is -0.485 e. The topological polar surface area (TPSA) is 94.8 Å². The predicted molar refractivity (Wildman–Crippen MR) is 102 cm³/mol. The first-order valence-electron chi connectivity index (χ1n) is 9.00. The molecule has 9 heteroatoms. The number of hydrogen-bond acceptors (Lipinski definition) is 8. The summed E-state index contributed by atoms with van der Waals surface area (Å²) in [6, 6.07) is 14.2. The molecule has 0 aliphatic carbocycles. The second-order valence-corrected chi connectivity index (χ2v) is 7.47. The molecular formula is C20H15N3O5S. The highest BCUT2D eigenvalue weighted by Gasteiger charge is 2.34. The Labute approximate surface area is 169 Å². The summed E-state index contributed by atoms with van der Waals surface area (Å²) in [6.45, 7) is 0.531. The van der Waals surface area contributed by atoms with Gasteiger partial charge in [0.25, 0.3) is 22.9 Å². The Bertz CT molecular complexity index is 1060. The van der Waals surface area contributed by atoms with Gasteiger partial charge in [0, 0.05) is 12.3 Å². The molecule has 29 heavy (non-hydrogen) atoms. The van der Waals surface area contributed by atoms with Gasteiger partial charge in [0.05, 0.1) is 11.1 Å². The van der Waals surface area contributed by atoms with Crippen LogP contribution in [-0.2, 0) is 0 Å². The fourth-order valence-corrected chi connectivity index (χ4v) is 3.91. The average Bonchev–Trinajstić information content (AvgIpc) is 3.33. The van der Waals surface area contributed by atoms with Crippen molar-refractivity contribution in [3.8, 4) is 11.5 Å². The maximum atomic E-state index is 12.4. The number of benzene rings is 2. The molecule has 1 atom stereocenters. The van der Waals surface area contributed by atoms with Crippen molar-refractivity contribution in [3.05, 3.63) is 65.5 Å². The van der Waals surface area contributed by atoms with E-state index in [4.69, 9.17) is 13.9 Å². The number of para-hydroxylation sites is 2. The van der Waals surface area contributed by atoms with Gasteiger partial charge in [-0.3, -0.25) is 14.5 Å². The van der Waals surface area contributed by atoms with Crippen LogP contribution in [0.15, 0.2) is 58.2 Å². The van der Waals surface area contributed by atoms with E-state index in [1.54, 1.807) is 24.3 Å². The zero-order valence-corrected chi connectivity index (χ0v) is 15.9. The molecular weight excluding hydrogens is 394 g/mol. The smallest absolute Gasteiger partial charge is 0.276 e. The van der Waals surface area contributed by atoms with Crippen LogP contribution in [0.25, 0.3) is 0 Å². The lowest BCUT2D eigenvalue weighted by Gasteiger charge is -2.23. The van der Waals surface area contributed by atoms with Gasteiger partial charge in [-0.1, -0.05) is 36.0 Å². The third-order valence-corrected chi connectivity index (χ3v) is 5.42. The molecule has 0 radical (unpaired) electrons. The van der Waals surface area contributed by atoms with Crippen LogP contribution in [0.2, 0.25) is 0 Å². The number of hydrogen-bond donors (Lipinski definition) is 0. The number of aromatic nitrogens is 2. The van der Waals surface area contributed by atoms with Crippen LogP contribution in [0.1, 0.15) is 32.7 Å². The summed E-state index contributed by atoms with van der Waals surface area (Å²) in [5.41, 5.74) is 0.884. The first-order chi connectivity index (χ1) is 14.2. The molecule has 2 aliphatic heterocycles. The maximum absolute atomic E-state index is 12.4. The summed E-state index contributed by atoms with van der Waals surface area (Å²) in [5, 5.41) is 8.39. The minimum atomic E-state index is -0.483. The molecule has 0 saturated heterocycles. The molecule has 0 bridgehead atoms. The summed E-state index contributed by atoms with van der Waals surface area (Å²) in [6.07, 6.45) is -0.483. The monoisotopic (exact) mass is 409 g/mol. The van der Waals surface area contributed by atoms with E-state index in [9.17, 15) is 9.59 Å². The first kappa shape index (κ1) is 17.7. The van der Waals surface area contributed by atoms with Crippen molar-refractivity contribution in [1.82, 2.24) is 15.1 Å². The number of fused-ring (bicyclic) bond motifs is 2. The molecule has 0 fully saturated rings. The van der Waals surface area contributed by atoms with Gasteiger partial charge < -0.3 is 13.9 Å². The molecule has 2 aliphatic rings. The Morgan fingerprint density at radius 2 is 1.66 bits per heavy atom. The van der Waals surface area contributed by atoms with Gasteiger partial charge in [-0.15, -0.1) is 10.2 Å². The lowest BCUT2D eigenvalue weighted by Crippen LogP contribution is -2.31. The second kappa shape index (κ2) is 7.25. The SMILES string of the molecule is O=C1c2ccccc2C(=O)N1CCSc1nnc([C@@H]2COc3ccccc3O2)o1. The quantitative estimate of drug-likeness (QED) is 0.469. The Hall–Kier alpha value is -3.33. The normalized spacial score (nSPS) is 17.5. The predicted octanol–water partition coefficient (Wildman–Crippen LogP) is 2.97. The first-order valence-corrected chi connectivity index (χ1v) is 9.99. The van der Waals surface area contributed by atoms with Crippen LogP contribution in [0.4, 0.5) is 0 Å². The standard InChI is InChI=1S/C20H15N3O5S/c24-18-12-5-1-2-6-13(12)19(25)23(18)9-10-29-20-22-21-17(28-20)16-11-26-14-7-3-4-8-15(14)27-16/h1-8,16H,9-11H2/t16-/m0/s1. The number of nitrogens with zero attached hydrogens (tertiary/aromatic N) is 3. The zero-order valence-electron chi connectivity index (χ0n) is 15.1. The third-order valence-electron chi connectivity index (χ3n) is 4.62. The number of ether oxygens (including phenoxy) is 2. The van der Waals surface area contributed by atoms with Crippen molar-refractivity contribution in [2.45, 2.75) is 11.3 Å². The van der Waals surface area contributed by atoms with Crippen molar-refractivity contribution in [2.75, 3.05) is 18.9 Å². The van der Waals surface area contributed by atoms with E-state index in [0.717, 1.165) is 0 Å². The van der Waals surface area contributed by atoms with Gasteiger partial charge in [-0.25, -0.2) is 0 Å². The molecule has 2 aromatic carbocycles. The zero-order chi connectivity index (χ0) is 19.8. The summed E-state index contributed by atoms with van der Waals surface area (Å²) in [5.74, 6) is 1.52. The number of rotatable bonds is 5. The van der Waals surface area contributed by atoms with E-state index in [-0.39, 0.29) is 25.0 Å². The van der Waals surface area contributed by atoms with Crippen molar-refractivity contribution >= 4 is 23.6 Å². The van der Waals surface area contributed by atoms with Crippen molar-refractivity contribution in [1.29, 1.82) is 0 Å². The van der Waals surface area contributed by atoms with E-state index in [2.05, 4.69) is 10.2 Å². The van der Waals surface area contributed by atoms with Gasteiger partial charge in [-0.05, 0) is 24.3 Å². The van der Waals surface area contributed by atoms with Crippen molar-refractivity contribution < 1.29 is 23.5 Å². The Morgan fingerprint density at radius 3 is 2.41 bits per heavy atom. The largest absolute Gasteiger partial charge is 0.485 e. The van der Waals surface area contributed by atoms with E-state index < -0.39 is 6.10 Å². The molecule has 1 aromatic heterocycles. The number of imide groups is 1. The molecule has 8 nitrogen and oxygen atoms in total. The summed E-state index contributed by atoms with van der Waals surface area (Å²) < 4.78 is 17.2. The molecule has 0 saturated carbocycles. The van der Waals surface area contributed by atoms with Crippen LogP contribution in [-0.4, -0.2) is 45.8 Å². The van der Waals surface area contributed by atoms with E-state index in [1.165, 1.54) is 16.7 Å². The number of carbonyl (C=O) groups excluding carboxylic acids is 2. The van der Waals surface area contributed by atoms with Crippen LogP contribution in [0, 0.1) is 0 Å². The van der Waals surface area contributed by atoms with Gasteiger partial charge in [0.1, 0.15) is 6.61 Å². The highest BCUT2D eigenvalue weighted by atomic mass is 32.2. The molecule has 2 amide bonds. The number of amides is 2. The van der Waals surface area contributed by atoms with Gasteiger partial charge >= 0.3 is 0 Å². The Morgan fingerprint density at radius 1 is 0.966 bits per heavy atom. The van der Waals surface area contributed by atoms with Crippen molar-refractivity contribution in [3.63, 3.8) is 0 Å².